The van der Waals surface area contributed by atoms with Crippen molar-refractivity contribution in [2.75, 3.05) is 31.7 Å². The quantitative estimate of drug-likeness (QED) is 0.849. The molecule has 130 valence electrons. The fourth-order valence-corrected chi connectivity index (χ4v) is 4.79. The van der Waals surface area contributed by atoms with E-state index in [2.05, 4.69) is 6.07 Å². The number of hydrogen-bond acceptors (Lipinski definition) is 5. The van der Waals surface area contributed by atoms with Crippen molar-refractivity contribution in [2.45, 2.75) is 39.3 Å². The van der Waals surface area contributed by atoms with E-state index in [1.807, 2.05) is 38.8 Å². The lowest BCUT2D eigenvalue weighted by Crippen LogP contribution is -2.40. The highest BCUT2D eigenvalue weighted by Gasteiger charge is 2.31. The highest BCUT2D eigenvalue weighted by molar-refractivity contribution is 7.91. The number of aliphatic hydroxyl groups is 1. The molecule has 1 aliphatic heterocycles. The van der Waals surface area contributed by atoms with Crippen LogP contribution in [-0.4, -0.2) is 62.3 Å². The van der Waals surface area contributed by atoms with Crippen molar-refractivity contribution in [3.63, 3.8) is 0 Å². The minimum absolute atomic E-state index is 0.00269. The summed E-state index contributed by atoms with van der Waals surface area (Å²) in [6, 6.07) is 4.07. The van der Waals surface area contributed by atoms with E-state index in [9.17, 15) is 13.5 Å². The van der Waals surface area contributed by atoms with Crippen molar-refractivity contribution in [3.05, 3.63) is 28.8 Å². The van der Waals surface area contributed by atoms with Gasteiger partial charge in [0.25, 0.3) is 0 Å². The smallest absolute Gasteiger partial charge is 0.151 e. The van der Waals surface area contributed by atoms with Crippen molar-refractivity contribution in [1.29, 1.82) is 0 Å². The molecule has 1 aromatic carbocycles. The van der Waals surface area contributed by atoms with Crippen LogP contribution in [0, 0.1) is 20.8 Å². The fraction of sp³-hybridized carbons (Fsp3) is 0.647. The van der Waals surface area contributed by atoms with E-state index in [0.717, 1.165) is 22.4 Å². The number of likely N-dealkylation sites (N-methyl/N-ethyl adjacent to an activating group) is 1. The SMILES string of the molecule is Cc1ccc(C)c(OCC(O)CN(C)C2CCS(=O)(=O)C2)c1C. The van der Waals surface area contributed by atoms with Gasteiger partial charge in [0.05, 0.1) is 11.5 Å². The van der Waals surface area contributed by atoms with Gasteiger partial charge in [0.1, 0.15) is 18.5 Å². The van der Waals surface area contributed by atoms with Gasteiger partial charge < -0.3 is 9.84 Å². The zero-order valence-electron chi connectivity index (χ0n) is 14.4. The molecule has 5 nitrogen and oxygen atoms in total. The molecule has 0 radical (unpaired) electrons. The van der Waals surface area contributed by atoms with Gasteiger partial charge in [-0.15, -0.1) is 0 Å². The first kappa shape index (κ1) is 18.2. The van der Waals surface area contributed by atoms with Crippen molar-refractivity contribution >= 4 is 9.84 Å². The van der Waals surface area contributed by atoms with E-state index < -0.39 is 15.9 Å². The number of ether oxygens (including phenoxy) is 1. The van der Waals surface area contributed by atoms with Crippen LogP contribution in [0.2, 0.25) is 0 Å². The summed E-state index contributed by atoms with van der Waals surface area (Å²) in [7, 11) is -1.04. The largest absolute Gasteiger partial charge is 0.490 e. The lowest BCUT2D eigenvalue weighted by Gasteiger charge is -2.26. The van der Waals surface area contributed by atoms with Gasteiger partial charge in [-0.1, -0.05) is 12.1 Å². The monoisotopic (exact) mass is 341 g/mol. The molecule has 6 heteroatoms. The summed E-state index contributed by atoms with van der Waals surface area (Å²) in [5.74, 6) is 1.26. The summed E-state index contributed by atoms with van der Waals surface area (Å²) in [5, 5.41) is 10.2. The Kier molecular flexibility index (Phi) is 5.70. The van der Waals surface area contributed by atoms with Crippen LogP contribution in [0.3, 0.4) is 0 Å². The summed E-state index contributed by atoms with van der Waals surface area (Å²) in [4.78, 5) is 1.93. The molecule has 1 saturated heterocycles. The molecular formula is C17H27NO4S. The van der Waals surface area contributed by atoms with Gasteiger partial charge in [0, 0.05) is 12.6 Å². The molecule has 0 aliphatic carbocycles. The highest BCUT2D eigenvalue weighted by Crippen LogP contribution is 2.26. The van der Waals surface area contributed by atoms with Crippen LogP contribution in [0.25, 0.3) is 0 Å². The predicted molar refractivity (Wildman–Crippen MR) is 91.8 cm³/mol. The van der Waals surface area contributed by atoms with Gasteiger partial charge in [-0.2, -0.15) is 0 Å². The molecule has 0 bridgehead atoms. The normalized spacial score (nSPS) is 21.6. The molecule has 2 rings (SSSR count). The number of aliphatic hydroxyl groups excluding tert-OH is 1. The average molecular weight is 341 g/mol. The van der Waals surface area contributed by atoms with E-state index in [-0.39, 0.29) is 24.2 Å². The Labute approximate surface area is 139 Å². The third-order valence-corrected chi connectivity index (χ3v) is 6.37. The Morgan fingerprint density at radius 1 is 1.30 bits per heavy atom. The first-order valence-electron chi connectivity index (χ1n) is 7.98. The molecule has 0 saturated carbocycles. The number of nitrogens with zero attached hydrogens (tertiary/aromatic N) is 1. The molecule has 1 N–H and O–H groups in total. The van der Waals surface area contributed by atoms with Crippen molar-refractivity contribution in [2.24, 2.45) is 0 Å². The lowest BCUT2D eigenvalue weighted by molar-refractivity contribution is 0.0659. The molecule has 0 spiro atoms. The maximum absolute atomic E-state index is 11.5. The number of aryl methyl sites for hydroxylation is 2. The van der Waals surface area contributed by atoms with Crippen LogP contribution in [0.1, 0.15) is 23.1 Å². The van der Waals surface area contributed by atoms with Crippen LogP contribution in [0.5, 0.6) is 5.75 Å². The van der Waals surface area contributed by atoms with Gasteiger partial charge in [0.2, 0.25) is 0 Å². The van der Waals surface area contributed by atoms with E-state index in [4.69, 9.17) is 4.74 Å². The van der Waals surface area contributed by atoms with Gasteiger partial charge in [-0.25, -0.2) is 8.42 Å². The van der Waals surface area contributed by atoms with Crippen LogP contribution in [-0.2, 0) is 9.84 Å². The standard InChI is InChI=1S/C17H27NO4S/c1-12-5-6-13(2)17(14(12)3)22-10-16(19)9-18(4)15-7-8-23(20,21)11-15/h5-6,15-16,19H,7-11H2,1-4H3. The first-order chi connectivity index (χ1) is 10.7. The number of rotatable bonds is 6. The van der Waals surface area contributed by atoms with E-state index in [1.54, 1.807) is 0 Å². The summed E-state index contributed by atoms with van der Waals surface area (Å²) >= 11 is 0. The van der Waals surface area contributed by atoms with E-state index in [1.165, 1.54) is 0 Å². The highest BCUT2D eigenvalue weighted by atomic mass is 32.2. The van der Waals surface area contributed by atoms with Gasteiger partial charge in [-0.3, -0.25) is 4.90 Å². The maximum Gasteiger partial charge on any atom is 0.151 e. The molecular weight excluding hydrogens is 314 g/mol. The fourth-order valence-electron chi connectivity index (χ4n) is 2.98. The Bertz CT molecular complexity index is 657. The molecule has 23 heavy (non-hydrogen) atoms. The second-order valence-electron chi connectivity index (χ2n) is 6.61. The summed E-state index contributed by atoms with van der Waals surface area (Å²) < 4.78 is 28.9. The third kappa shape index (κ3) is 4.68. The van der Waals surface area contributed by atoms with E-state index in [0.29, 0.717) is 13.0 Å². The lowest BCUT2D eigenvalue weighted by atomic mass is 10.1. The summed E-state index contributed by atoms with van der Waals surface area (Å²) in [5.41, 5.74) is 3.30. The first-order valence-corrected chi connectivity index (χ1v) is 9.80. The maximum atomic E-state index is 11.5. The van der Waals surface area contributed by atoms with Gasteiger partial charge in [-0.05, 0) is 50.9 Å². The van der Waals surface area contributed by atoms with E-state index >= 15 is 0 Å². The Morgan fingerprint density at radius 2 is 1.96 bits per heavy atom. The molecule has 1 aromatic rings. The summed E-state index contributed by atoms with van der Waals surface area (Å²) in [6.07, 6.45) is -0.00898. The predicted octanol–water partition coefficient (Wildman–Crippen LogP) is 1.47. The molecule has 1 fully saturated rings. The minimum atomic E-state index is -2.90. The number of sulfone groups is 1. The van der Waals surface area contributed by atoms with Crippen molar-refractivity contribution in [1.82, 2.24) is 4.90 Å². The van der Waals surface area contributed by atoms with Gasteiger partial charge in [0.15, 0.2) is 9.84 Å². The molecule has 2 unspecified atom stereocenters. The zero-order valence-corrected chi connectivity index (χ0v) is 15.2. The van der Waals surface area contributed by atoms with Crippen LogP contribution < -0.4 is 4.74 Å². The Morgan fingerprint density at radius 3 is 2.57 bits per heavy atom. The zero-order chi connectivity index (χ0) is 17.2. The molecule has 0 aromatic heterocycles. The number of hydrogen-bond donors (Lipinski definition) is 1. The van der Waals surface area contributed by atoms with Crippen LogP contribution >= 0.6 is 0 Å². The second kappa shape index (κ2) is 7.20. The van der Waals surface area contributed by atoms with Gasteiger partial charge >= 0.3 is 0 Å². The number of benzene rings is 1. The Balaban J connectivity index is 1.88. The Hall–Kier alpha value is -1.11. The topological polar surface area (TPSA) is 66.8 Å². The molecule has 1 heterocycles. The van der Waals surface area contributed by atoms with Crippen molar-refractivity contribution < 1.29 is 18.3 Å². The van der Waals surface area contributed by atoms with Crippen LogP contribution in [0.15, 0.2) is 12.1 Å². The molecule has 0 amide bonds. The molecule has 1 aliphatic rings. The van der Waals surface area contributed by atoms with Crippen LogP contribution in [0.4, 0.5) is 0 Å². The minimum Gasteiger partial charge on any atom is -0.490 e. The second-order valence-corrected chi connectivity index (χ2v) is 8.84. The van der Waals surface area contributed by atoms with Crippen molar-refractivity contribution in [3.8, 4) is 5.75 Å². The third-order valence-electron chi connectivity index (χ3n) is 4.62. The average Bonchev–Trinajstić information content (AvgIpc) is 2.83. The summed E-state index contributed by atoms with van der Waals surface area (Å²) in [6.45, 7) is 6.65. The molecule has 2 atom stereocenters.